The normalized spacial score (nSPS) is 20.1. The quantitative estimate of drug-likeness (QED) is 0.482. The molecule has 3 heteroatoms. The number of hydrogen-bond acceptors (Lipinski definition) is 2. The number of carbonyl (C=O) groups excluding carboxylic acids is 1. The van der Waals surface area contributed by atoms with Gasteiger partial charge in [0, 0.05) is 13.5 Å². The summed E-state index contributed by atoms with van der Waals surface area (Å²) < 4.78 is 5.17. The Bertz CT molecular complexity index is 281. The molecule has 0 spiro atoms. The third-order valence-corrected chi connectivity index (χ3v) is 2.09. The van der Waals surface area contributed by atoms with Gasteiger partial charge in [-0.05, 0) is 0 Å². The fraction of sp³-hybridized carbons (Fsp3) is 0.500. The molecule has 0 saturated carbocycles. The van der Waals surface area contributed by atoms with Crippen molar-refractivity contribution >= 4 is 5.91 Å². The van der Waals surface area contributed by atoms with Crippen molar-refractivity contribution in [2.45, 2.75) is 12.5 Å². The van der Waals surface area contributed by atoms with E-state index in [1.54, 1.807) is 0 Å². The van der Waals surface area contributed by atoms with Gasteiger partial charge in [-0.25, -0.2) is 0 Å². The van der Waals surface area contributed by atoms with E-state index in [-0.39, 0.29) is 12.5 Å². The third kappa shape index (κ3) is 1.52. The van der Waals surface area contributed by atoms with Gasteiger partial charge in [-0.1, -0.05) is 11.8 Å². The minimum absolute atomic E-state index is 0.112. The molecule has 0 aliphatic carbocycles. The Kier molecular flexibility index (Phi) is 2.60. The first-order chi connectivity index (χ1) is 6.16. The van der Waals surface area contributed by atoms with Gasteiger partial charge in [-0.3, -0.25) is 4.79 Å². The van der Waals surface area contributed by atoms with Crippen LogP contribution in [0.15, 0.2) is 0 Å². The van der Waals surface area contributed by atoms with Gasteiger partial charge in [0.2, 0.25) is 5.91 Å². The minimum Gasteiger partial charge on any atom is -0.375 e. The molecule has 0 atom stereocenters. The fourth-order valence-electron chi connectivity index (χ4n) is 1.35. The standard InChI is InChI=1S/C10H11NO2/c1-4-10(5-2)8-13-7-6-11(10)9(3)12/h1-2H,6-8H2,3H3. The van der Waals surface area contributed by atoms with Crippen LogP contribution in [0.2, 0.25) is 0 Å². The lowest BCUT2D eigenvalue weighted by atomic mass is 9.99. The van der Waals surface area contributed by atoms with E-state index in [0.717, 1.165) is 0 Å². The zero-order chi connectivity index (χ0) is 9.90. The number of amides is 1. The van der Waals surface area contributed by atoms with Crippen LogP contribution in [0.4, 0.5) is 0 Å². The number of hydrogen-bond donors (Lipinski definition) is 0. The highest BCUT2D eigenvalue weighted by Gasteiger charge is 2.37. The molecule has 0 N–H and O–H groups in total. The number of ether oxygens (including phenoxy) is 1. The van der Waals surface area contributed by atoms with Crippen molar-refractivity contribution in [1.82, 2.24) is 4.90 Å². The van der Waals surface area contributed by atoms with Gasteiger partial charge in [0.1, 0.15) is 0 Å². The van der Waals surface area contributed by atoms with E-state index >= 15 is 0 Å². The summed E-state index contributed by atoms with van der Waals surface area (Å²) in [5, 5.41) is 0. The van der Waals surface area contributed by atoms with Crippen LogP contribution in [0.3, 0.4) is 0 Å². The summed E-state index contributed by atoms with van der Waals surface area (Å²) >= 11 is 0. The predicted molar refractivity (Wildman–Crippen MR) is 48.6 cm³/mol. The number of nitrogens with zero attached hydrogens (tertiary/aromatic N) is 1. The van der Waals surface area contributed by atoms with Crippen LogP contribution in [0.1, 0.15) is 6.92 Å². The Balaban J connectivity index is 2.98. The second kappa shape index (κ2) is 3.51. The summed E-state index contributed by atoms with van der Waals surface area (Å²) in [6, 6.07) is 0. The van der Waals surface area contributed by atoms with Crippen molar-refractivity contribution in [2.75, 3.05) is 19.8 Å². The Labute approximate surface area is 78.1 Å². The molecule has 0 aromatic carbocycles. The molecule has 13 heavy (non-hydrogen) atoms. The summed E-state index contributed by atoms with van der Waals surface area (Å²) in [5.41, 5.74) is -0.982. The van der Waals surface area contributed by atoms with Gasteiger partial charge in [0.25, 0.3) is 0 Å². The molecule has 0 aromatic rings. The van der Waals surface area contributed by atoms with Gasteiger partial charge in [0.15, 0.2) is 5.54 Å². The molecule has 1 saturated heterocycles. The van der Waals surface area contributed by atoms with Crippen LogP contribution in [0, 0.1) is 24.7 Å². The molecule has 0 radical (unpaired) electrons. The molecule has 68 valence electrons. The van der Waals surface area contributed by atoms with Crippen LogP contribution >= 0.6 is 0 Å². The van der Waals surface area contributed by atoms with Gasteiger partial charge >= 0.3 is 0 Å². The summed E-state index contributed by atoms with van der Waals surface area (Å²) in [6.07, 6.45) is 10.6. The SMILES string of the molecule is C#CC1(C#C)COCCN1C(C)=O. The van der Waals surface area contributed by atoms with Crippen molar-refractivity contribution in [3.05, 3.63) is 0 Å². The minimum atomic E-state index is -0.982. The van der Waals surface area contributed by atoms with Crippen LogP contribution in [0.5, 0.6) is 0 Å². The molecule has 1 aliphatic rings. The lowest BCUT2D eigenvalue weighted by Crippen LogP contribution is -2.57. The van der Waals surface area contributed by atoms with Crippen molar-refractivity contribution in [3.8, 4) is 24.7 Å². The van der Waals surface area contributed by atoms with E-state index in [9.17, 15) is 4.79 Å². The van der Waals surface area contributed by atoms with E-state index in [0.29, 0.717) is 13.2 Å². The number of rotatable bonds is 0. The number of terminal acetylenes is 2. The zero-order valence-corrected chi connectivity index (χ0v) is 7.54. The van der Waals surface area contributed by atoms with Gasteiger partial charge in [-0.15, -0.1) is 12.8 Å². The van der Waals surface area contributed by atoms with E-state index in [4.69, 9.17) is 17.6 Å². The summed E-state index contributed by atoms with van der Waals surface area (Å²) in [7, 11) is 0. The average Bonchev–Trinajstić information content (AvgIpc) is 2.17. The Hall–Kier alpha value is -1.45. The second-order valence-corrected chi connectivity index (χ2v) is 2.87. The van der Waals surface area contributed by atoms with Crippen LogP contribution in [-0.4, -0.2) is 36.1 Å². The molecule has 1 rings (SSSR count). The largest absolute Gasteiger partial charge is 0.375 e. The van der Waals surface area contributed by atoms with E-state index < -0.39 is 5.54 Å². The van der Waals surface area contributed by atoms with Gasteiger partial charge in [0.05, 0.1) is 13.2 Å². The first-order valence-electron chi connectivity index (χ1n) is 3.98. The maximum absolute atomic E-state index is 11.2. The first kappa shape index (κ1) is 9.64. The Morgan fingerprint density at radius 3 is 2.54 bits per heavy atom. The van der Waals surface area contributed by atoms with Crippen LogP contribution in [-0.2, 0) is 9.53 Å². The highest BCUT2D eigenvalue weighted by Crippen LogP contribution is 2.18. The smallest absolute Gasteiger partial charge is 0.221 e. The second-order valence-electron chi connectivity index (χ2n) is 2.87. The van der Waals surface area contributed by atoms with Gasteiger partial charge in [-0.2, -0.15) is 0 Å². The average molecular weight is 177 g/mol. The fourth-order valence-corrected chi connectivity index (χ4v) is 1.35. The molecule has 0 bridgehead atoms. The van der Waals surface area contributed by atoms with Crippen molar-refractivity contribution in [1.29, 1.82) is 0 Å². The number of carbonyl (C=O) groups is 1. The van der Waals surface area contributed by atoms with Crippen molar-refractivity contribution < 1.29 is 9.53 Å². The lowest BCUT2D eigenvalue weighted by Gasteiger charge is -2.39. The predicted octanol–water partition coefficient (Wildman–Crippen LogP) is -0.130. The first-order valence-corrected chi connectivity index (χ1v) is 3.98. The maximum atomic E-state index is 11.2. The molecule has 1 fully saturated rings. The van der Waals surface area contributed by atoms with Crippen molar-refractivity contribution in [3.63, 3.8) is 0 Å². The molecule has 1 amide bonds. The van der Waals surface area contributed by atoms with Crippen molar-refractivity contribution in [2.24, 2.45) is 0 Å². The summed E-state index contributed by atoms with van der Waals surface area (Å²) in [4.78, 5) is 12.7. The molecule has 0 unspecified atom stereocenters. The van der Waals surface area contributed by atoms with Gasteiger partial charge < -0.3 is 9.64 Å². The highest BCUT2D eigenvalue weighted by molar-refractivity contribution is 5.76. The highest BCUT2D eigenvalue weighted by atomic mass is 16.5. The lowest BCUT2D eigenvalue weighted by molar-refractivity contribution is -0.138. The molecule has 0 aromatic heterocycles. The Morgan fingerprint density at radius 2 is 2.15 bits per heavy atom. The molecular weight excluding hydrogens is 166 g/mol. The summed E-state index contributed by atoms with van der Waals surface area (Å²) in [5.74, 6) is 4.77. The zero-order valence-electron chi connectivity index (χ0n) is 7.54. The third-order valence-electron chi connectivity index (χ3n) is 2.09. The number of morpholine rings is 1. The maximum Gasteiger partial charge on any atom is 0.221 e. The Morgan fingerprint density at radius 1 is 1.54 bits per heavy atom. The molecule has 3 nitrogen and oxygen atoms in total. The monoisotopic (exact) mass is 177 g/mol. The molecule has 1 heterocycles. The molecular formula is C10H11NO2. The van der Waals surface area contributed by atoms with Crippen LogP contribution in [0.25, 0.3) is 0 Å². The molecule has 1 aliphatic heterocycles. The van der Waals surface area contributed by atoms with E-state index in [2.05, 4.69) is 11.8 Å². The topological polar surface area (TPSA) is 29.5 Å². The van der Waals surface area contributed by atoms with E-state index in [1.807, 2.05) is 0 Å². The van der Waals surface area contributed by atoms with E-state index in [1.165, 1.54) is 11.8 Å². The summed E-state index contributed by atoms with van der Waals surface area (Å²) in [6.45, 7) is 2.63. The van der Waals surface area contributed by atoms with Crippen LogP contribution < -0.4 is 0 Å².